The van der Waals surface area contributed by atoms with Crippen molar-refractivity contribution in [3.05, 3.63) is 106 Å². The van der Waals surface area contributed by atoms with Gasteiger partial charge in [-0.3, -0.25) is 57.7 Å². The van der Waals surface area contributed by atoms with Gasteiger partial charge < -0.3 is 79.2 Å². The number of rotatable bonds is 13. The van der Waals surface area contributed by atoms with Crippen LogP contribution in [0.1, 0.15) is 102 Å². The van der Waals surface area contributed by atoms with Gasteiger partial charge in [0.15, 0.2) is 5.96 Å². The normalized spacial score (nSPS) is 25.2. The number of aromatic amines is 1. The van der Waals surface area contributed by atoms with Crippen LogP contribution in [-0.4, -0.2) is 185 Å². The number of carbonyl (C=O) groups excluding carboxylic acids is 11. The summed E-state index contributed by atoms with van der Waals surface area (Å²) in [7, 11) is 1.39. The van der Waals surface area contributed by atoms with Crippen LogP contribution in [0.15, 0.2) is 84.0 Å². The van der Waals surface area contributed by atoms with Crippen molar-refractivity contribution in [3.8, 4) is 0 Å². The smallest absolute Gasteiger partial charge is 0.245 e. The summed E-state index contributed by atoms with van der Waals surface area (Å²) < 4.78 is 0. The molecule has 11 amide bonds. The fourth-order valence-corrected chi connectivity index (χ4v) is 11.7. The molecule has 502 valence electrons. The molecule has 2 bridgehead atoms. The summed E-state index contributed by atoms with van der Waals surface area (Å²) in [6.45, 7) is 4.20. The lowest BCUT2D eigenvalue weighted by molar-refractivity contribution is -0.148. The van der Waals surface area contributed by atoms with Crippen molar-refractivity contribution in [3.63, 3.8) is 0 Å². The number of nitrogens with one attached hydrogen (secondary N) is 10. The Morgan fingerprint density at radius 2 is 1.14 bits per heavy atom. The molecular formula is C64H85Cl2N15O12. The van der Waals surface area contributed by atoms with E-state index in [0.29, 0.717) is 44.1 Å². The molecule has 1 aromatic heterocycles. The van der Waals surface area contributed by atoms with Crippen molar-refractivity contribution >= 4 is 105 Å². The van der Waals surface area contributed by atoms with Gasteiger partial charge in [0, 0.05) is 79.5 Å². The number of aromatic nitrogens is 1. The topological polar surface area (TPSA) is 403 Å². The van der Waals surface area contributed by atoms with Crippen LogP contribution in [0.3, 0.4) is 0 Å². The summed E-state index contributed by atoms with van der Waals surface area (Å²) in [6.07, 6.45) is 1.48. The Hall–Kier alpha value is -8.82. The van der Waals surface area contributed by atoms with Gasteiger partial charge in [-0.15, -0.1) is 0 Å². The summed E-state index contributed by atoms with van der Waals surface area (Å²) in [5.74, 6) is -9.47. The quantitative estimate of drug-likeness (QED) is 0.0373. The molecule has 4 fully saturated rings. The van der Waals surface area contributed by atoms with Crippen molar-refractivity contribution in [2.75, 3.05) is 33.3 Å². The molecular weight excluding hydrogens is 1240 g/mol. The van der Waals surface area contributed by atoms with E-state index in [4.69, 9.17) is 34.7 Å². The number of aliphatic hydroxyl groups excluding tert-OH is 1. The first kappa shape index (κ1) is 71.6. The van der Waals surface area contributed by atoms with Gasteiger partial charge in [0.2, 0.25) is 65.0 Å². The maximum absolute atomic E-state index is 15.1. The Morgan fingerprint density at radius 3 is 1.75 bits per heavy atom. The molecule has 0 unspecified atom stereocenters. The van der Waals surface area contributed by atoms with Gasteiger partial charge in [-0.25, -0.2) is 0 Å². The molecule has 10 atom stereocenters. The number of hydrogen-bond donors (Lipinski definition) is 13. The predicted molar refractivity (Wildman–Crippen MR) is 347 cm³/mol. The molecule has 4 aromatic rings. The number of likely N-dealkylation sites (N-methyl/N-ethyl adjacent to an activating group) is 1. The Balaban J connectivity index is 1.33. The van der Waals surface area contributed by atoms with Crippen LogP contribution >= 0.6 is 23.2 Å². The third-order valence-electron chi connectivity index (χ3n) is 16.7. The minimum Gasteiger partial charge on any atom is -0.394 e. The molecule has 0 radical (unpaired) electrons. The summed E-state index contributed by atoms with van der Waals surface area (Å²) in [4.78, 5) is 171. The SMILES string of the molecule is CC(C)C[C@@H]1NC(=O)[C@H](CCCN=C(N)N)NC(=O)[C@@H]2CCC(=O)NCCCC[C@@H](NC1=O)C(=O)N1CCC[C@H]1C(=O)N(C)[C@@H](C)C(=O)N[C@H](Cc1ccc(Cl)cc1)C(=O)N[C@@H](Cc1ccc(Cl)cc1)C(=O)N[C@H](Cc1c[nH]c3ccccc13)C(=O)N[C@H](CO)C(=O)N2. The molecule has 4 saturated heterocycles. The van der Waals surface area contributed by atoms with Gasteiger partial charge in [0.05, 0.1) is 6.61 Å². The summed E-state index contributed by atoms with van der Waals surface area (Å²) >= 11 is 12.5. The molecule has 5 heterocycles. The van der Waals surface area contributed by atoms with E-state index in [9.17, 15) is 53.1 Å². The van der Waals surface area contributed by atoms with Gasteiger partial charge in [0.1, 0.15) is 60.4 Å². The van der Waals surface area contributed by atoms with Crippen LogP contribution in [-0.2, 0) is 72.0 Å². The molecule has 4 aliphatic rings. The second kappa shape index (κ2) is 34.2. The van der Waals surface area contributed by atoms with E-state index in [0.717, 1.165) is 4.90 Å². The predicted octanol–water partition coefficient (Wildman–Crippen LogP) is 0.405. The molecule has 3 aromatic carbocycles. The lowest BCUT2D eigenvalue weighted by atomic mass is 10.00. The first-order valence-electron chi connectivity index (χ1n) is 31.4. The van der Waals surface area contributed by atoms with Crippen LogP contribution in [0, 0.1) is 5.92 Å². The monoisotopic (exact) mass is 1330 g/mol. The first-order valence-corrected chi connectivity index (χ1v) is 32.1. The zero-order valence-corrected chi connectivity index (χ0v) is 54.1. The van der Waals surface area contributed by atoms with Crippen molar-refractivity contribution in [2.45, 2.75) is 165 Å². The molecule has 0 aliphatic carbocycles. The van der Waals surface area contributed by atoms with Crippen LogP contribution in [0.5, 0.6) is 0 Å². The third-order valence-corrected chi connectivity index (χ3v) is 17.2. The summed E-state index contributed by atoms with van der Waals surface area (Å²) in [6, 6.07) is 5.71. The van der Waals surface area contributed by atoms with Crippen molar-refractivity contribution in [1.29, 1.82) is 0 Å². The van der Waals surface area contributed by atoms with Crippen LogP contribution < -0.4 is 59.3 Å². The lowest BCUT2D eigenvalue weighted by Gasteiger charge is -2.34. The second-order valence-electron chi connectivity index (χ2n) is 24.2. The highest BCUT2D eigenvalue weighted by atomic mass is 35.5. The fourth-order valence-electron chi connectivity index (χ4n) is 11.4. The summed E-state index contributed by atoms with van der Waals surface area (Å²) in [5, 5.41) is 36.8. The number of aliphatic imine (C=N–C) groups is 1. The highest BCUT2D eigenvalue weighted by Crippen LogP contribution is 2.24. The number of fused-ring (bicyclic) bond motifs is 31. The number of nitrogens with zero attached hydrogens (tertiary/aromatic N) is 3. The van der Waals surface area contributed by atoms with Gasteiger partial charge in [-0.05, 0) is 118 Å². The van der Waals surface area contributed by atoms with Crippen LogP contribution in [0.25, 0.3) is 10.9 Å². The fraction of sp³-hybridized carbons (Fsp3) is 0.500. The van der Waals surface area contributed by atoms with E-state index in [1.807, 2.05) is 13.8 Å². The number of hydrogen-bond acceptors (Lipinski definition) is 13. The van der Waals surface area contributed by atoms with Gasteiger partial charge in [-0.2, -0.15) is 0 Å². The van der Waals surface area contributed by atoms with Crippen molar-refractivity contribution in [2.24, 2.45) is 22.4 Å². The number of guanidine groups is 1. The zero-order chi connectivity index (χ0) is 67.5. The number of para-hydroxylation sites is 1. The maximum Gasteiger partial charge on any atom is 0.245 e. The average molecular weight is 1330 g/mol. The maximum atomic E-state index is 15.1. The zero-order valence-electron chi connectivity index (χ0n) is 52.6. The Labute approximate surface area is 549 Å². The number of halogens is 2. The van der Waals surface area contributed by atoms with Crippen LogP contribution in [0.2, 0.25) is 10.0 Å². The minimum atomic E-state index is -1.82. The van der Waals surface area contributed by atoms with E-state index >= 15 is 4.79 Å². The number of amides is 11. The number of carbonyl (C=O) groups is 11. The van der Waals surface area contributed by atoms with Gasteiger partial charge in [0.25, 0.3) is 0 Å². The Bertz CT molecular complexity index is 3360. The van der Waals surface area contributed by atoms with Crippen molar-refractivity contribution in [1.82, 2.24) is 62.6 Å². The average Bonchev–Trinajstić information content (AvgIpc) is 1.81. The van der Waals surface area contributed by atoms with Crippen LogP contribution in [0.4, 0.5) is 0 Å². The summed E-state index contributed by atoms with van der Waals surface area (Å²) in [5.41, 5.74) is 13.5. The number of nitrogens with two attached hydrogens (primary N) is 2. The van der Waals surface area contributed by atoms with E-state index in [-0.39, 0.29) is 109 Å². The van der Waals surface area contributed by atoms with E-state index < -0.39 is 132 Å². The van der Waals surface area contributed by atoms with E-state index in [1.165, 1.54) is 18.9 Å². The Morgan fingerprint density at radius 1 is 0.602 bits per heavy atom. The highest BCUT2D eigenvalue weighted by molar-refractivity contribution is 6.30. The number of H-pyrrole nitrogens is 1. The molecule has 0 saturated carbocycles. The second-order valence-corrected chi connectivity index (χ2v) is 25.0. The number of aliphatic hydroxyl groups is 1. The molecule has 0 spiro atoms. The number of benzene rings is 3. The molecule has 8 rings (SSSR count). The molecule has 4 aliphatic heterocycles. The largest absolute Gasteiger partial charge is 0.394 e. The highest BCUT2D eigenvalue weighted by Gasteiger charge is 2.42. The van der Waals surface area contributed by atoms with E-state index in [1.54, 1.807) is 79.0 Å². The standard InChI is InChI=1S/C64H85Cl2N15O12/c1-35(2)29-47-57(87)74-46-13-7-8-26-69-53(83)25-24-45(56(86)72-44(55(85)76-47)14-9-27-70-64(67)68)73-61(91)51(34-82)79-60(90)50(32-39-33-71-43-12-6-5-11-42(39)43)78-59(89)49(31-38-18-22-41(66)23-19-38)77-58(88)48(30-37-16-20-40(65)21-17-37)75-54(84)36(3)80(4)63(93)52-15-10-28-81(52)62(46)92/h5-6,11-12,16-23,33,35-36,44-52,71,82H,7-10,13-15,24-32,34H2,1-4H3,(H,69,83)(H,72,86)(H,73,91)(H,74,87)(H,75,84)(H,76,85)(H,77,88)(H,78,89)(H,79,90)(H4,67,68,70)/t36-,44-,45-,46+,47-,48+,49-,50+,51+,52-/m0/s1. The van der Waals surface area contributed by atoms with Gasteiger partial charge >= 0.3 is 0 Å². The lowest BCUT2D eigenvalue weighted by Crippen LogP contribution is -2.62. The third kappa shape index (κ3) is 20.6. The molecule has 27 nitrogen and oxygen atoms in total. The van der Waals surface area contributed by atoms with Gasteiger partial charge in [-0.1, -0.05) is 79.5 Å². The van der Waals surface area contributed by atoms with Crippen molar-refractivity contribution < 1.29 is 57.8 Å². The molecule has 15 N–H and O–H groups in total. The molecule has 29 heteroatoms. The first-order chi connectivity index (χ1) is 44.4. The molecule has 93 heavy (non-hydrogen) atoms. The van der Waals surface area contributed by atoms with E-state index in [2.05, 4.69) is 57.8 Å². The Kier molecular flexibility index (Phi) is 26.3. The minimum absolute atomic E-state index is 0.00673.